The molecule has 0 aromatic rings. The Morgan fingerprint density at radius 1 is 1.00 bits per heavy atom. The van der Waals surface area contributed by atoms with Gasteiger partial charge in [-0.25, -0.2) is 0 Å². The number of nitrogens with zero attached hydrogens (tertiary/aromatic N) is 2. The molecule has 3 nitrogen and oxygen atoms in total. The van der Waals surface area contributed by atoms with Crippen LogP contribution in [-0.2, 0) is 0 Å². The SMILES string of the molecule is N#CC1(NC2CC2)CCC(N2CCC[C@H]3CCCC[C@H]32)C1. The maximum atomic E-state index is 9.71. The van der Waals surface area contributed by atoms with Gasteiger partial charge in [0.25, 0.3) is 0 Å². The lowest BCUT2D eigenvalue weighted by Crippen LogP contribution is -2.52. The molecule has 3 saturated carbocycles. The molecule has 4 atom stereocenters. The molecule has 3 heteroatoms. The highest BCUT2D eigenvalue weighted by Gasteiger charge is 2.47. The first kappa shape index (κ1) is 14.0. The Bertz CT molecular complexity index is 423. The van der Waals surface area contributed by atoms with Crippen LogP contribution in [0.25, 0.3) is 0 Å². The Balaban J connectivity index is 1.45. The first-order valence-electron chi connectivity index (χ1n) is 9.24. The van der Waals surface area contributed by atoms with Gasteiger partial charge in [-0.1, -0.05) is 12.8 Å². The smallest absolute Gasteiger partial charge is 0.108 e. The molecule has 1 saturated heterocycles. The van der Waals surface area contributed by atoms with Crippen molar-refractivity contribution in [2.75, 3.05) is 6.54 Å². The Hall–Kier alpha value is -0.590. The van der Waals surface area contributed by atoms with E-state index in [0.29, 0.717) is 12.1 Å². The molecule has 21 heavy (non-hydrogen) atoms. The van der Waals surface area contributed by atoms with Gasteiger partial charge in [-0.2, -0.15) is 5.26 Å². The summed E-state index contributed by atoms with van der Waals surface area (Å²) in [7, 11) is 0. The van der Waals surface area contributed by atoms with E-state index in [9.17, 15) is 5.26 Å². The zero-order valence-corrected chi connectivity index (χ0v) is 13.2. The Morgan fingerprint density at radius 3 is 2.62 bits per heavy atom. The van der Waals surface area contributed by atoms with Crippen LogP contribution in [0.15, 0.2) is 0 Å². The van der Waals surface area contributed by atoms with Gasteiger partial charge >= 0.3 is 0 Å². The summed E-state index contributed by atoms with van der Waals surface area (Å²) in [6.45, 7) is 1.29. The summed E-state index contributed by atoms with van der Waals surface area (Å²) < 4.78 is 0. The molecule has 0 radical (unpaired) electrons. The highest BCUT2D eigenvalue weighted by molar-refractivity contribution is 5.16. The van der Waals surface area contributed by atoms with Gasteiger partial charge in [-0.15, -0.1) is 0 Å². The molecule has 2 unspecified atom stereocenters. The third-order valence-electron chi connectivity index (χ3n) is 6.52. The quantitative estimate of drug-likeness (QED) is 0.866. The average molecular weight is 287 g/mol. The van der Waals surface area contributed by atoms with Crippen molar-refractivity contribution in [1.29, 1.82) is 5.26 Å². The van der Waals surface area contributed by atoms with Crippen LogP contribution in [0.1, 0.15) is 70.6 Å². The van der Waals surface area contributed by atoms with Crippen molar-refractivity contribution in [3.63, 3.8) is 0 Å². The van der Waals surface area contributed by atoms with Crippen molar-refractivity contribution in [3.05, 3.63) is 0 Å². The van der Waals surface area contributed by atoms with E-state index in [2.05, 4.69) is 16.3 Å². The first-order valence-corrected chi connectivity index (χ1v) is 9.24. The van der Waals surface area contributed by atoms with Crippen molar-refractivity contribution in [2.24, 2.45) is 5.92 Å². The summed E-state index contributed by atoms with van der Waals surface area (Å²) in [5.74, 6) is 0.959. The van der Waals surface area contributed by atoms with E-state index < -0.39 is 0 Å². The molecule has 1 N–H and O–H groups in total. The highest BCUT2D eigenvalue weighted by atomic mass is 15.2. The van der Waals surface area contributed by atoms with Crippen molar-refractivity contribution < 1.29 is 0 Å². The molecule has 1 heterocycles. The number of nitrogens with one attached hydrogen (secondary N) is 1. The fourth-order valence-corrected chi connectivity index (χ4v) is 5.30. The van der Waals surface area contributed by atoms with E-state index in [1.807, 2.05) is 0 Å². The molecular weight excluding hydrogens is 258 g/mol. The summed E-state index contributed by atoms with van der Waals surface area (Å²) in [6, 6.07) is 4.81. The predicted molar refractivity (Wildman–Crippen MR) is 83.8 cm³/mol. The Morgan fingerprint density at radius 2 is 1.81 bits per heavy atom. The summed E-state index contributed by atoms with van der Waals surface area (Å²) in [6.07, 6.45) is 14.5. The fourth-order valence-electron chi connectivity index (χ4n) is 5.30. The van der Waals surface area contributed by atoms with Gasteiger partial charge < -0.3 is 0 Å². The zero-order valence-electron chi connectivity index (χ0n) is 13.2. The van der Waals surface area contributed by atoms with Crippen LogP contribution < -0.4 is 5.32 Å². The molecule has 116 valence electrons. The van der Waals surface area contributed by atoms with Crippen LogP contribution in [0, 0.1) is 17.2 Å². The number of nitriles is 1. The van der Waals surface area contributed by atoms with Gasteiger partial charge in [-0.05, 0) is 70.3 Å². The van der Waals surface area contributed by atoms with Crippen LogP contribution in [0.2, 0.25) is 0 Å². The number of rotatable bonds is 3. The zero-order chi connectivity index (χ0) is 14.3. The third-order valence-corrected chi connectivity index (χ3v) is 6.52. The standard InChI is InChI=1S/C18H29N3/c19-13-18(20-15-7-8-15)10-9-16(12-18)21-11-3-5-14-4-1-2-6-17(14)21/h14-17,20H,1-12H2/t14-,16?,17-,18?/m1/s1. The molecule has 0 spiro atoms. The second-order valence-electron chi connectivity index (χ2n) is 8.00. The number of fused-ring (bicyclic) bond motifs is 1. The minimum absolute atomic E-state index is 0.201. The van der Waals surface area contributed by atoms with Gasteiger partial charge in [0.2, 0.25) is 0 Å². The van der Waals surface area contributed by atoms with Crippen LogP contribution in [0.5, 0.6) is 0 Å². The Kier molecular flexibility index (Phi) is 3.71. The topological polar surface area (TPSA) is 39.1 Å². The summed E-state index contributed by atoms with van der Waals surface area (Å²) in [4.78, 5) is 2.83. The molecule has 4 rings (SSSR count). The van der Waals surface area contributed by atoms with Crippen LogP contribution >= 0.6 is 0 Å². The lowest BCUT2D eigenvalue weighted by atomic mass is 9.77. The van der Waals surface area contributed by atoms with E-state index in [-0.39, 0.29) is 5.54 Å². The molecular formula is C18H29N3. The molecule has 0 amide bonds. The molecule has 0 aromatic carbocycles. The van der Waals surface area contributed by atoms with E-state index in [1.54, 1.807) is 0 Å². The maximum absolute atomic E-state index is 9.71. The monoisotopic (exact) mass is 287 g/mol. The van der Waals surface area contributed by atoms with Gasteiger partial charge in [0.15, 0.2) is 0 Å². The number of hydrogen-bond acceptors (Lipinski definition) is 3. The molecule has 1 aliphatic heterocycles. The molecule has 4 aliphatic rings. The van der Waals surface area contributed by atoms with Crippen molar-refractivity contribution >= 4 is 0 Å². The summed E-state index contributed by atoms with van der Waals surface area (Å²) >= 11 is 0. The minimum Gasteiger partial charge on any atom is -0.297 e. The second kappa shape index (κ2) is 5.56. The van der Waals surface area contributed by atoms with E-state index in [1.165, 1.54) is 64.3 Å². The Labute approximate surface area is 129 Å². The van der Waals surface area contributed by atoms with Gasteiger partial charge in [0, 0.05) is 18.1 Å². The second-order valence-corrected chi connectivity index (χ2v) is 8.00. The lowest BCUT2D eigenvalue weighted by molar-refractivity contribution is 0.0261. The minimum atomic E-state index is -0.201. The molecule has 4 fully saturated rings. The molecule has 3 aliphatic carbocycles. The van der Waals surface area contributed by atoms with Crippen LogP contribution in [0.4, 0.5) is 0 Å². The highest BCUT2D eigenvalue weighted by Crippen LogP contribution is 2.42. The summed E-state index contributed by atoms with van der Waals surface area (Å²) in [5, 5.41) is 13.4. The van der Waals surface area contributed by atoms with Gasteiger partial charge in [0.1, 0.15) is 5.54 Å². The van der Waals surface area contributed by atoms with Gasteiger partial charge in [-0.3, -0.25) is 10.2 Å². The molecule has 0 aromatic heterocycles. The van der Waals surface area contributed by atoms with Crippen LogP contribution in [-0.4, -0.2) is 35.1 Å². The first-order chi connectivity index (χ1) is 10.3. The van der Waals surface area contributed by atoms with E-state index >= 15 is 0 Å². The molecule has 0 bridgehead atoms. The normalized spacial score (nSPS) is 44.2. The van der Waals surface area contributed by atoms with Crippen molar-refractivity contribution in [3.8, 4) is 6.07 Å². The largest absolute Gasteiger partial charge is 0.297 e. The maximum Gasteiger partial charge on any atom is 0.108 e. The number of likely N-dealkylation sites (tertiary alicyclic amines) is 1. The third kappa shape index (κ3) is 2.73. The lowest BCUT2D eigenvalue weighted by Gasteiger charge is -2.47. The van der Waals surface area contributed by atoms with E-state index in [4.69, 9.17) is 0 Å². The van der Waals surface area contributed by atoms with Crippen molar-refractivity contribution in [2.45, 2.75) is 94.3 Å². The van der Waals surface area contributed by atoms with Crippen molar-refractivity contribution in [1.82, 2.24) is 10.2 Å². The average Bonchev–Trinajstić information content (AvgIpc) is 3.24. The summed E-state index contributed by atoms with van der Waals surface area (Å²) in [5.41, 5.74) is -0.201. The number of piperidine rings is 1. The fraction of sp³-hybridized carbons (Fsp3) is 0.944. The van der Waals surface area contributed by atoms with Gasteiger partial charge in [0.05, 0.1) is 6.07 Å². The predicted octanol–water partition coefficient (Wildman–Crippen LogP) is 3.21. The van der Waals surface area contributed by atoms with E-state index in [0.717, 1.165) is 24.8 Å². The number of hydrogen-bond donors (Lipinski definition) is 1. The van der Waals surface area contributed by atoms with Crippen LogP contribution in [0.3, 0.4) is 0 Å².